The number of nitrogens with zero attached hydrogens (tertiary/aromatic N) is 1. The van der Waals surface area contributed by atoms with Gasteiger partial charge in [-0.1, -0.05) is 12.1 Å². The molecule has 2 heterocycles. The van der Waals surface area contributed by atoms with Crippen LogP contribution in [0.15, 0.2) is 30.5 Å². The van der Waals surface area contributed by atoms with E-state index in [-0.39, 0.29) is 6.61 Å². The van der Waals surface area contributed by atoms with Crippen LogP contribution in [0.5, 0.6) is 0 Å². The molecular weight excluding hydrogens is 232 g/mol. The second-order valence-corrected chi connectivity index (χ2v) is 5.12. The fourth-order valence-corrected chi connectivity index (χ4v) is 2.67. The van der Waals surface area contributed by atoms with Crippen molar-refractivity contribution < 1.29 is 5.11 Å². The average Bonchev–Trinajstić information content (AvgIpc) is 2.95. The van der Waals surface area contributed by atoms with Gasteiger partial charge in [-0.2, -0.15) is 0 Å². The lowest BCUT2D eigenvalue weighted by Gasteiger charge is -1.92. The molecule has 3 rings (SSSR count). The summed E-state index contributed by atoms with van der Waals surface area (Å²) in [4.78, 5) is 8.55. The molecule has 0 fully saturated rings. The number of hydrogen-bond donors (Lipinski definition) is 2. The number of nitrogens with one attached hydrogen (secondary N) is 1. The number of H-pyrrole nitrogens is 1. The number of fused-ring (bicyclic) bond motifs is 1. The summed E-state index contributed by atoms with van der Waals surface area (Å²) in [6.45, 7) is 2.15. The van der Waals surface area contributed by atoms with Crippen LogP contribution in [0.25, 0.3) is 21.6 Å². The van der Waals surface area contributed by atoms with E-state index in [4.69, 9.17) is 5.11 Å². The van der Waals surface area contributed by atoms with E-state index >= 15 is 0 Å². The fourth-order valence-electron chi connectivity index (χ4n) is 1.93. The molecule has 0 aliphatic heterocycles. The predicted molar refractivity (Wildman–Crippen MR) is 70.1 cm³/mol. The topological polar surface area (TPSA) is 48.9 Å². The standard InChI is InChI=1S/C13H12N2OS/c1-8-3-2-4-11-10(8)5-12(15-11)13-14-6-9(7-16)17-13/h2-6,15-16H,7H2,1H3. The fraction of sp³-hybridized carbons (Fsp3) is 0.154. The molecule has 17 heavy (non-hydrogen) atoms. The van der Waals surface area contributed by atoms with Crippen molar-refractivity contribution in [2.75, 3.05) is 0 Å². The summed E-state index contributed by atoms with van der Waals surface area (Å²) in [7, 11) is 0. The van der Waals surface area contributed by atoms with Gasteiger partial charge >= 0.3 is 0 Å². The van der Waals surface area contributed by atoms with Crippen LogP contribution in [0.3, 0.4) is 0 Å². The summed E-state index contributed by atoms with van der Waals surface area (Å²) in [5.74, 6) is 0. The van der Waals surface area contributed by atoms with Gasteiger partial charge in [0.1, 0.15) is 5.01 Å². The maximum atomic E-state index is 9.04. The van der Waals surface area contributed by atoms with Gasteiger partial charge in [-0.25, -0.2) is 4.98 Å². The number of hydrogen-bond acceptors (Lipinski definition) is 3. The number of rotatable bonds is 2. The molecule has 86 valence electrons. The van der Waals surface area contributed by atoms with E-state index in [1.54, 1.807) is 6.20 Å². The molecule has 0 unspecified atom stereocenters. The van der Waals surface area contributed by atoms with Crippen LogP contribution in [0.4, 0.5) is 0 Å². The second-order valence-electron chi connectivity index (χ2n) is 4.01. The van der Waals surface area contributed by atoms with Gasteiger partial charge in [0.25, 0.3) is 0 Å². The molecular formula is C13H12N2OS. The van der Waals surface area contributed by atoms with Crippen molar-refractivity contribution in [3.63, 3.8) is 0 Å². The van der Waals surface area contributed by atoms with Crippen LogP contribution < -0.4 is 0 Å². The highest BCUT2D eigenvalue weighted by molar-refractivity contribution is 7.14. The van der Waals surface area contributed by atoms with Crippen LogP contribution in [0.1, 0.15) is 10.4 Å². The van der Waals surface area contributed by atoms with Crippen molar-refractivity contribution >= 4 is 22.2 Å². The van der Waals surface area contributed by atoms with Crippen LogP contribution in [0.2, 0.25) is 0 Å². The van der Waals surface area contributed by atoms with Gasteiger partial charge in [-0.15, -0.1) is 11.3 Å². The monoisotopic (exact) mass is 244 g/mol. The maximum Gasteiger partial charge on any atom is 0.139 e. The average molecular weight is 244 g/mol. The first-order chi connectivity index (χ1) is 8.28. The van der Waals surface area contributed by atoms with Crippen LogP contribution in [-0.4, -0.2) is 15.1 Å². The molecule has 0 amide bonds. The number of aromatic amines is 1. The van der Waals surface area contributed by atoms with Gasteiger partial charge < -0.3 is 10.1 Å². The molecule has 3 nitrogen and oxygen atoms in total. The molecule has 0 saturated heterocycles. The van der Waals surface area contributed by atoms with E-state index in [9.17, 15) is 0 Å². The molecule has 0 aliphatic rings. The van der Waals surface area contributed by atoms with E-state index in [2.05, 4.69) is 35.1 Å². The van der Waals surface area contributed by atoms with Crippen molar-refractivity contribution in [1.82, 2.24) is 9.97 Å². The highest BCUT2D eigenvalue weighted by atomic mass is 32.1. The zero-order chi connectivity index (χ0) is 11.8. The number of benzene rings is 1. The Morgan fingerprint density at radius 2 is 2.29 bits per heavy atom. The first kappa shape index (κ1) is 10.5. The first-order valence-electron chi connectivity index (χ1n) is 5.42. The largest absolute Gasteiger partial charge is 0.391 e. The number of thiazole rings is 1. The van der Waals surface area contributed by atoms with Crippen molar-refractivity contribution in [2.45, 2.75) is 13.5 Å². The Balaban J connectivity index is 2.14. The minimum Gasteiger partial charge on any atom is -0.391 e. The Morgan fingerprint density at radius 3 is 3.00 bits per heavy atom. The molecule has 0 saturated carbocycles. The zero-order valence-corrected chi connectivity index (χ0v) is 10.2. The van der Waals surface area contributed by atoms with E-state index in [1.165, 1.54) is 22.3 Å². The summed E-state index contributed by atoms with van der Waals surface area (Å²) in [6, 6.07) is 8.32. The third kappa shape index (κ3) is 1.75. The summed E-state index contributed by atoms with van der Waals surface area (Å²) in [6.07, 6.45) is 1.72. The molecule has 0 atom stereocenters. The van der Waals surface area contributed by atoms with Gasteiger partial charge in [0, 0.05) is 17.1 Å². The lowest BCUT2D eigenvalue weighted by atomic mass is 10.1. The number of aliphatic hydroxyl groups is 1. The lowest BCUT2D eigenvalue weighted by molar-refractivity contribution is 0.285. The highest BCUT2D eigenvalue weighted by Crippen LogP contribution is 2.29. The molecule has 4 heteroatoms. The third-order valence-corrected chi connectivity index (χ3v) is 3.84. The maximum absolute atomic E-state index is 9.04. The van der Waals surface area contributed by atoms with Gasteiger partial charge in [0.05, 0.1) is 17.2 Å². The molecule has 2 aromatic heterocycles. The molecule has 2 N–H and O–H groups in total. The third-order valence-electron chi connectivity index (χ3n) is 2.82. The predicted octanol–water partition coefficient (Wildman–Crippen LogP) is 3.09. The minimum absolute atomic E-state index is 0.0525. The van der Waals surface area contributed by atoms with E-state index in [1.807, 2.05) is 6.07 Å². The van der Waals surface area contributed by atoms with Gasteiger partial charge in [0.15, 0.2) is 0 Å². The summed E-state index contributed by atoms with van der Waals surface area (Å²) in [5.41, 5.74) is 3.39. The molecule has 0 radical (unpaired) electrons. The first-order valence-corrected chi connectivity index (χ1v) is 6.24. The molecule has 0 bridgehead atoms. The summed E-state index contributed by atoms with van der Waals surface area (Å²) < 4.78 is 0. The Kier molecular flexibility index (Phi) is 2.46. The zero-order valence-electron chi connectivity index (χ0n) is 9.40. The lowest BCUT2D eigenvalue weighted by Crippen LogP contribution is -1.73. The Labute approximate surface area is 103 Å². The summed E-state index contributed by atoms with van der Waals surface area (Å²) in [5, 5.41) is 11.2. The van der Waals surface area contributed by atoms with E-state index in [0.717, 1.165) is 21.1 Å². The van der Waals surface area contributed by atoms with Crippen molar-refractivity contribution in [2.24, 2.45) is 0 Å². The normalized spacial score (nSPS) is 11.2. The van der Waals surface area contributed by atoms with E-state index < -0.39 is 0 Å². The van der Waals surface area contributed by atoms with Crippen molar-refractivity contribution in [3.05, 3.63) is 40.9 Å². The summed E-state index contributed by atoms with van der Waals surface area (Å²) >= 11 is 1.51. The number of aromatic nitrogens is 2. The Bertz CT molecular complexity index is 669. The van der Waals surface area contributed by atoms with Crippen LogP contribution in [-0.2, 0) is 6.61 Å². The van der Waals surface area contributed by atoms with Crippen LogP contribution in [0, 0.1) is 6.92 Å². The van der Waals surface area contributed by atoms with Crippen molar-refractivity contribution in [1.29, 1.82) is 0 Å². The quantitative estimate of drug-likeness (QED) is 0.727. The smallest absolute Gasteiger partial charge is 0.139 e. The van der Waals surface area contributed by atoms with Crippen LogP contribution >= 0.6 is 11.3 Å². The molecule has 1 aromatic carbocycles. The number of aliphatic hydroxyl groups excluding tert-OH is 1. The van der Waals surface area contributed by atoms with E-state index in [0.29, 0.717) is 0 Å². The number of aryl methyl sites for hydroxylation is 1. The van der Waals surface area contributed by atoms with Gasteiger partial charge in [-0.3, -0.25) is 0 Å². The molecule has 0 aliphatic carbocycles. The highest BCUT2D eigenvalue weighted by Gasteiger charge is 2.08. The van der Waals surface area contributed by atoms with Gasteiger partial charge in [0.2, 0.25) is 0 Å². The van der Waals surface area contributed by atoms with Gasteiger partial charge in [-0.05, 0) is 24.6 Å². The van der Waals surface area contributed by atoms with Crippen molar-refractivity contribution in [3.8, 4) is 10.7 Å². The minimum atomic E-state index is 0.0525. The Morgan fingerprint density at radius 1 is 1.41 bits per heavy atom. The second kappa shape index (κ2) is 3.98. The molecule has 0 spiro atoms. The molecule has 3 aromatic rings. The SMILES string of the molecule is Cc1cccc2[nH]c(-c3ncc(CO)s3)cc12. The Hall–Kier alpha value is -1.65.